The number of rotatable bonds is 3. The van der Waals surface area contributed by atoms with Gasteiger partial charge < -0.3 is 10.0 Å². The van der Waals surface area contributed by atoms with Gasteiger partial charge in [-0.3, -0.25) is 0 Å². The van der Waals surface area contributed by atoms with Crippen LogP contribution in [0.25, 0.3) is 0 Å². The summed E-state index contributed by atoms with van der Waals surface area (Å²) in [5.74, 6) is 0.296. The van der Waals surface area contributed by atoms with Crippen molar-refractivity contribution in [2.45, 2.75) is 25.4 Å². The molecule has 0 amide bonds. The Labute approximate surface area is 94.7 Å². The van der Waals surface area contributed by atoms with E-state index in [1.54, 1.807) is 6.07 Å². The molecular formula is C13H16FNO. The highest BCUT2D eigenvalue weighted by atomic mass is 19.1. The van der Waals surface area contributed by atoms with Crippen LogP contribution in [-0.2, 0) is 6.42 Å². The number of aliphatic hydroxyl groups excluding tert-OH is 1. The Hall–Kier alpha value is -1.09. The van der Waals surface area contributed by atoms with E-state index in [-0.39, 0.29) is 11.9 Å². The van der Waals surface area contributed by atoms with Gasteiger partial charge in [-0.05, 0) is 42.9 Å². The van der Waals surface area contributed by atoms with Gasteiger partial charge in [-0.2, -0.15) is 0 Å². The molecule has 3 heteroatoms. The van der Waals surface area contributed by atoms with Crippen LogP contribution in [-0.4, -0.2) is 24.3 Å². The normalized spacial score (nSPS) is 21.0. The summed E-state index contributed by atoms with van der Waals surface area (Å²) in [6.07, 6.45) is 3.01. The zero-order valence-electron chi connectivity index (χ0n) is 9.19. The Morgan fingerprint density at radius 2 is 2.25 bits per heavy atom. The molecule has 1 aromatic carbocycles. The first kappa shape index (κ1) is 10.1. The van der Waals surface area contributed by atoms with E-state index in [0.29, 0.717) is 12.5 Å². The maximum absolute atomic E-state index is 13.2. The zero-order chi connectivity index (χ0) is 11.1. The second-order valence-electron chi connectivity index (χ2n) is 4.87. The van der Waals surface area contributed by atoms with Crippen LogP contribution >= 0.6 is 0 Å². The van der Waals surface area contributed by atoms with Crippen LogP contribution in [0.2, 0.25) is 0 Å². The maximum atomic E-state index is 13.2. The molecule has 3 rings (SSSR count). The average molecular weight is 221 g/mol. The molecule has 2 nitrogen and oxygen atoms in total. The fraction of sp³-hybridized carbons (Fsp3) is 0.538. The SMILES string of the molecule is OC(CN1CCc2ccc(F)cc21)C1CC1. The van der Waals surface area contributed by atoms with Crippen molar-refractivity contribution in [3.63, 3.8) is 0 Å². The summed E-state index contributed by atoms with van der Waals surface area (Å²) in [6.45, 7) is 1.56. The molecule has 1 aromatic rings. The summed E-state index contributed by atoms with van der Waals surface area (Å²) < 4.78 is 13.2. The van der Waals surface area contributed by atoms with Gasteiger partial charge in [-0.1, -0.05) is 6.07 Å². The number of anilines is 1. The molecule has 1 N–H and O–H groups in total. The summed E-state index contributed by atoms with van der Waals surface area (Å²) in [4.78, 5) is 2.11. The van der Waals surface area contributed by atoms with Gasteiger partial charge in [0.1, 0.15) is 5.82 Å². The molecule has 1 saturated carbocycles. The highest BCUT2D eigenvalue weighted by molar-refractivity contribution is 5.58. The van der Waals surface area contributed by atoms with Crippen LogP contribution in [0.15, 0.2) is 18.2 Å². The second kappa shape index (κ2) is 3.74. The Morgan fingerprint density at radius 1 is 1.44 bits per heavy atom. The predicted molar refractivity (Wildman–Crippen MR) is 61.0 cm³/mol. The molecule has 0 radical (unpaired) electrons. The fourth-order valence-electron chi connectivity index (χ4n) is 2.46. The number of fused-ring (bicyclic) bond motifs is 1. The molecule has 1 aliphatic heterocycles. The van der Waals surface area contributed by atoms with E-state index >= 15 is 0 Å². The molecular weight excluding hydrogens is 205 g/mol. The van der Waals surface area contributed by atoms with Crippen molar-refractivity contribution < 1.29 is 9.50 Å². The molecule has 1 aliphatic carbocycles. The van der Waals surface area contributed by atoms with Gasteiger partial charge in [0, 0.05) is 18.8 Å². The Kier molecular flexibility index (Phi) is 2.36. The fourth-order valence-corrected chi connectivity index (χ4v) is 2.46. The van der Waals surface area contributed by atoms with Gasteiger partial charge in [-0.15, -0.1) is 0 Å². The Bertz CT molecular complexity index is 403. The lowest BCUT2D eigenvalue weighted by atomic mass is 10.1. The van der Waals surface area contributed by atoms with Crippen LogP contribution < -0.4 is 4.90 Å². The third-order valence-electron chi connectivity index (χ3n) is 3.61. The van der Waals surface area contributed by atoms with Crippen LogP contribution in [0, 0.1) is 11.7 Å². The van der Waals surface area contributed by atoms with Crippen molar-refractivity contribution in [1.82, 2.24) is 0 Å². The molecule has 1 heterocycles. The number of hydrogen-bond donors (Lipinski definition) is 1. The van der Waals surface area contributed by atoms with Crippen molar-refractivity contribution in [2.75, 3.05) is 18.0 Å². The van der Waals surface area contributed by atoms with Crippen LogP contribution in [0.3, 0.4) is 0 Å². The maximum Gasteiger partial charge on any atom is 0.125 e. The first-order valence-electron chi connectivity index (χ1n) is 5.95. The average Bonchev–Trinajstić information content (AvgIpc) is 3.04. The van der Waals surface area contributed by atoms with Gasteiger partial charge >= 0.3 is 0 Å². The number of nitrogens with zero attached hydrogens (tertiary/aromatic N) is 1. The number of benzene rings is 1. The lowest BCUT2D eigenvalue weighted by Gasteiger charge is -2.22. The van der Waals surface area contributed by atoms with Crippen molar-refractivity contribution in [1.29, 1.82) is 0 Å². The lowest BCUT2D eigenvalue weighted by molar-refractivity contribution is 0.157. The Morgan fingerprint density at radius 3 is 3.00 bits per heavy atom. The largest absolute Gasteiger partial charge is 0.391 e. The molecule has 0 aromatic heterocycles. The van der Waals surface area contributed by atoms with E-state index < -0.39 is 0 Å². The highest BCUT2D eigenvalue weighted by Gasteiger charge is 2.32. The van der Waals surface area contributed by atoms with Crippen LogP contribution in [0.4, 0.5) is 10.1 Å². The number of aliphatic hydroxyl groups is 1. The zero-order valence-corrected chi connectivity index (χ0v) is 9.19. The standard InChI is InChI=1S/C13H16FNO/c14-11-4-3-9-5-6-15(12(9)7-11)8-13(16)10-1-2-10/h3-4,7,10,13,16H,1-2,5-6,8H2. The molecule has 0 saturated heterocycles. The van der Waals surface area contributed by atoms with E-state index in [0.717, 1.165) is 31.5 Å². The molecule has 1 fully saturated rings. The highest BCUT2D eigenvalue weighted by Crippen LogP contribution is 2.35. The molecule has 1 atom stereocenters. The smallest absolute Gasteiger partial charge is 0.125 e. The Balaban J connectivity index is 1.76. The van der Waals surface area contributed by atoms with Crippen molar-refractivity contribution in [2.24, 2.45) is 5.92 Å². The molecule has 0 spiro atoms. The van der Waals surface area contributed by atoms with E-state index in [2.05, 4.69) is 4.90 Å². The third kappa shape index (κ3) is 1.80. The van der Waals surface area contributed by atoms with Crippen LogP contribution in [0.1, 0.15) is 18.4 Å². The van der Waals surface area contributed by atoms with E-state index in [1.807, 2.05) is 6.07 Å². The quantitative estimate of drug-likeness (QED) is 0.843. The topological polar surface area (TPSA) is 23.5 Å². The first-order chi connectivity index (χ1) is 7.74. The minimum absolute atomic E-state index is 0.188. The first-order valence-corrected chi connectivity index (χ1v) is 5.95. The summed E-state index contributed by atoms with van der Waals surface area (Å²) in [5, 5.41) is 9.91. The van der Waals surface area contributed by atoms with Crippen LogP contribution in [0.5, 0.6) is 0 Å². The lowest BCUT2D eigenvalue weighted by Crippen LogP contribution is -2.32. The van der Waals surface area contributed by atoms with Crippen molar-refractivity contribution >= 4 is 5.69 Å². The molecule has 86 valence electrons. The molecule has 2 aliphatic rings. The van der Waals surface area contributed by atoms with Crippen molar-refractivity contribution in [3.05, 3.63) is 29.6 Å². The summed E-state index contributed by atoms with van der Waals surface area (Å²) >= 11 is 0. The number of hydrogen-bond acceptors (Lipinski definition) is 2. The molecule has 16 heavy (non-hydrogen) atoms. The molecule has 0 bridgehead atoms. The molecule has 1 unspecified atom stereocenters. The minimum Gasteiger partial charge on any atom is -0.391 e. The van der Waals surface area contributed by atoms with Gasteiger partial charge in [0.25, 0.3) is 0 Å². The van der Waals surface area contributed by atoms with E-state index in [4.69, 9.17) is 0 Å². The third-order valence-corrected chi connectivity index (χ3v) is 3.61. The van der Waals surface area contributed by atoms with Gasteiger partial charge in [0.15, 0.2) is 0 Å². The van der Waals surface area contributed by atoms with E-state index in [1.165, 1.54) is 11.6 Å². The summed E-state index contributed by atoms with van der Waals surface area (Å²) in [7, 11) is 0. The van der Waals surface area contributed by atoms with Crippen molar-refractivity contribution in [3.8, 4) is 0 Å². The summed E-state index contributed by atoms with van der Waals surface area (Å²) in [5.41, 5.74) is 2.17. The number of halogens is 1. The van der Waals surface area contributed by atoms with E-state index in [9.17, 15) is 9.50 Å². The van der Waals surface area contributed by atoms with Gasteiger partial charge in [0.2, 0.25) is 0 Å². The number of β-amino-alcohol motifs (C(OH)–C–C–N with tert-alkyl or cyclic N) is 1. The minimum atomic E-state index is -0.241. The predicted octanol–water partition coefficient (Wildman–Crippen LogP) is 1.96. The second-order valence-corrected chi connectivity index (χ2v) is 4.87. The van der Waals surface area contributed by atoms with Gasteiger partial charge in [-0.25, -0.2) is 4.39 Å². The summed E-state index contributed by atoms with van der Waals surface area (Å²) in [6, 6.07) is 4.95. The van der Waals surface area contributed by atoms with Gasteiger partial charge in [0.05, 0.1) is 6.10 Å². The monoisotopic (exact) mass is 221 g/mol.